The van der Waals surface area contributed by atoms with Crippen molar-refractivity contribution in [2.75, 3.05) is 26.2 Å². The maximum Gasteiger partial charge on any atom is 0.226 e. The van der Waals surface area contributed by atoms with E-state index in [4.69, 9.17) is 0 Å². The van der Waals surface area contributed by atoms with Crippen LogP contribution in [-0.2, 0) is 4.79 Å². The number of nitrogens with zero attached hydrogens (tertiary/aromatic N) is 1. The molecule has 2 unspecified atom stereocenters. The molecule has 2 heterocycles. The van der Waals surface area contributed by atoms with Gasteiger partial charge in [0.05, 0.1) is 0 Å². The van der Waals surface area contributed by atoms with Crippen molar-refractivity contribution >= 4 is 5.91 Å². The quantitative estimate of drug-likeness (QED) is 0.774. The lowest BCUT2D eigenvalue weighted by Crippen LogP contribution is -2.43. The van der Waals surface area contributed by atoms with Crippen LogP contribution >= 0.6 is 0 Å². The average Bonchev–Trinajstić information content (AvgIpc) is 3.02. The fraction of sp³-hybridized carbons (Fsp3) is 0.812. The highest BCUT2D eigenvalue weighted by molar-refractivity contribution is 5.79. The number of piperidine rings is 1. The number of carbonyl (C=O) groups is 1. The standard InChI is InChI=1S/C16H26N2O/c19-16(14-4-2-1-3-5-14)18-10-7-13(8-11-18)15-6-9-17-12-15/h1-2,13-15,17H,3-12H2. The molecule has 0 spiro atoms. The minimum absolute atomic E-state index is 0.273. The van der Waals surface area contributed by atoms with E-state index < -0.39 is 0 Å². The Hall–Kier alpha value is -0.830. The van der Waals surface area contributed by atoms with Gasteiger partial charge in [0.15, 0.2) is 0 Å². The highest BCUT2D eigenvalue weighted by atomic mass is 16.2. The Morgan fingerprint density at radius 1 is 1.05 bits per heavy atom. The van der Waals surface area contributed by atoms with Crippen LogP contribution in [0.5, 0.6) is 0 Å². The summed E-state index contributed by atoms with van der Waals surface area (Å²) in [5.41, 5.74) is 0. The fourth-order valence-electron chi connectivity index (χ4n) is 3.95. The predicted molar refractivity (Wildman–Crippen MR) is 76.8 cm³/mol. The van der Waals surface area contributed by atoms with Crippen LogP contribution in [0.2, 0.25) is 0 Å². The molecule has 2 fully saturated rings. The number of amides is 1. The minimum Gasteiger partial charge on any atom is -0.342 e. The maximum atomic E-state index is 12.5. The van der Waals surface area contributed by atoms with E-state index in [0.29, 0.717) is 5.91 Å². The van der Waals surface area contributed by atoms with Gasteiger partial charge in [0, 0.05) is 19.0 Å². The van der Waals surface area contributed by atoms with Crippen LogP contribution in [0.4, 0.5) is 0 Å². The van der Waals surface area contributed by atoms with Crippen molar-refractivity contribution in [1.82, 2.24) is 10.2 Å². The van der Waals surface area contributed by atoms with E-state index in [9.17, 15) is 4.79 Å². The average molecular weight is 262 g/mol. The van der Waals surface area contributed by atoms with Crippen molar-refractivity contribution in [2.24, 2.45) is 17.8 Å². The van der Waals surface area contributed by atoms with Gasteiger partial charge in [0.2, 0.25) is 5.91 Å². The molecular formula is C16H26N2O. The van der Waals surface area contributed by atoms with Crippen molar-refractivity contribution in [2.45, 2.75) is 38.5 Å². The molecule has 0 aromatic carbocycles. The third-order valence-corrected chi connectivity index (χ3v) is 5.23. The number of likely N-dealkylation sites (tertiary alicyclic amines) is 1. The summed E-state index contributed by atoms with van der Waals surface area (Å²) in [5, 5.41) is 3.47. The monoisotopic (exact) mass is 262 g/mol. The molecule has 0 saturated carbocycles. The van der Waals surface area contributed by atoms with Crippen LogP contribution in [-0.4, -0.2) is 37.0 Å². The van der Waals surface area contributed by atoms with Crippen LogP contribution in [0.25, 0.3) is 0 Å². The second-order valence-electron chi connectivity index (χ2n) is 6.40. The molecular weight excluding hydrogens is 236 g/mol. The third-order valence-electron chi connectivity index (χ3n) is 5.23. The number of hydrogen-bond acceptors (Lipinski definition) is 2. The molecule has 3 rings (SSSR count). The molecule has 1 amide bonds. The summed E-state index contributed by atoms with van der Waals surface area (Å²) < 4.78 is 0. The first kappa shape index (κ1) is 13.2. The van der Waals surface area contributed by atoms with E-state index >= 15 is 0 Å². The molecule has 0 aromatic rings. The van der Waals surface area contributed by atoms with E-state index in [-0.39, 0.29) is 5.92 Å². The molecule has 3 aliphatic rings. The zero-order chi connectivity index (χ0) is 13.1. The second-order valence-corrected chi connectivity index (χ2v) is 6.40. The van der Waals surface area contributed by atoms with E-state index in [0.717, 1.165) is 44.2 Å². The molecule has 2 atom stereocenters. The van der Waals surface area contributed by atoms with Crippen molar-refractivity contribution in [3.05, 3.63) is 12.2 Å². The summed E-state index contributed by atoms with van der Waals surface area (Å²) in [4.78, 5) is 14.6. The Bertz CT molecular complexity index is 339. The summed E-state index contributed by atoms with van der Waals surface area (Å²) >= 11 is 0. The van der Waals surface area contributed by atoms with Crippen molar-refractivity contribution in [3.63, 3.8) is 0 Å². The number of allylic oxidation sites excluding steroid dienone is 2. The highest BCUT2D eigenvalue weighted by Crippen LogP contribution is 2.30. The molecule has 0 aromatic heterocycles. The first-order valence-electron chi connectivity index (χ1n) is 7.99. The predicted octanol–water partition coefficient (Wildman–Crippen LogP) is 2.19. The van der Waals surface area contributed by atoms with Gasteiger partial charge in [0.1, 0.15) is 0 Å². The second kappa shape index (κ2) is 6.08. The topological polar surface area (TPSA) is 32.3 Å². The fourth-order valence-corrected chi connectivity index (χ4v) is 3.95. The molecule has 1 aliphatic carbocycles. The van der Waals surface area contributed by atoms with E-state index in [1.165, 1.54) is 32.4 Å². The third kappa shape index (κ3) is 3.02. The van der Waals surface area contributed by atoms with Gasteiger partial charge in [-0.2, -0.15) is 0 Å². The number of carbonyl (C=O) groups excluding carboxylic acids is 1. The SMILES string of the molecule is O=C(C1CC=CCC1)N1CCC(C2CCNC2)CC1. The lowest BCUT2D eigenvalue weighted by Gasteiger charge is -2.36. The van der Waals surface area contributed by atoms with Gasteiger partial charge in [-0.1, -0.05) is 12.2 Å². The molecule has 2 aliphatic heterocycles. The van der Waals surface area contributed by atoms with Gasteiger partial charge in [-0.05, 0) is 63.5 Å². The molecule has 3 heteroatoms. The van der Waals surface area contributed by atoms with Gasteiger partial charge in [-0.3, -0.25) is 4.79 Å². The van der Waals surface area contributed by atoms with Crippen LogP contribution in [0.1, 0.15) is 38.5 Å². The molecule has 0 bridgehead atoms. The number of nitrogens with one attached hydrogen (secondary N) is 1. The summed E-state index contributed by atoms with van der Waals surface area (Å²) in [6, 6.07) is 0. The zero-order valence-corrected chi connectivity index (χ0v) is 11.8. The van der Waals surface area contributed by atoms with Gasteiger partial charge in [-0.15, -0.1) is 0 Å². The van der Waals surface area contributed by atoms with E-state index in [1.807, 2.05) is 0 Å². The summed E-state index contributed by atoms with van der Waals surface area (Å²) in [6.45, 7) is 4.39. The molecule has 2 saturated heterocycles. The molecule has 106 valence electrons. The Labute approximate surface area is 116 Å². The largest absolute Gasteiger partial charge is 0.342 e. The molecule has 1 N–H and O–H groups in total. The first-order chi connectivity index (χ1) is 9.34. The lowest BCUT2D eigenvalue weighted by molar-refractivity contribution is -0.137. The van der Waals surface area contributed by atoms with Crippen LogP contribution in [0, 0.1) is 17.8 Å². The Morgan fingerprint density at radius 3 is 2.53 bits per heavy atom. The Balaban J connectivity index is 1.49. The van der Waals surface area contributed by atoms with Crippen LogP contribution in [0.15, 0.2) is 12.2 Å². The van der Waals surface area contributed by atoms with Crippen LogP contribution in [0.3, 0.4) is 0 Å². The van der Waals surface area contributed by atoms with Gasteiger partial charge in [-0.25, -0.2) is 0 Å². The smallest absolute Gasteiger partial charge is 0.226 e. The maximum absolute atomic E-state index is 12.5. The summed E-state index contributed by atoms with van der Waals surface area (Å²) in [5.74, 6) is 2.42. The van der Waals surface area contributed by atoms with Crippen LogP contribution < -0.4 is 5.32 Å². The van der Waals surface area contributed by atoms with Crippen molar-refractivity contribution < 1.29 is 4.79 Å². The normalized spacial score (nSPS) is 32.7. The van der Waals surface area contributed by atoms with Gasteiger partial charge >= 0.3 is 0 Å². The molecule has 0 radical (unpaired) electrons. The zero-order valence-electron chi connectivity index (χ0n) is 11.8. The molecule has 19 heavy (non-hydrogen) atoms. The highest BCUT2D eigenvalue weighted by Gasteiger charge is 2.32. The number of rotatable bonds is 2. The van der Waals surface area contributed by atoms with Crippen molar-refractivity contribution in [3.8, 4) is 0 Å². The van der Waals surface area contributed by atoms with E-state index in [2.05, 4.69) is 22.4 Å². The Morgan fingerprint density at radius 2 is 1.89 bits per heavy atom. The van der Waals surface area contributed by atoms with Gasteiger partial charge in [0.25, 0.3) is 0 Å². The Kier molecular flexibility index (Phi) is 4.21. The first-order valence-corrected chi connectivity index (χ1v) is 7.99. The minimum atomic E-state index is 0.273. The van der Waals surface area contributed by atoms with E-state index in [1.54, 1.807) is 0 Å². The van der Waals surface area contributed by atoms with Crippen molar-refractivity contribution in [1.29, 1.82) is 0 Å². The summed E-state index contributed by atoms with van der Waals surface area (Å²) in [6.07, 6.45) is 11.3. The van der Waals surface area contributed by atoms with Gasteiger partial charge < -0.3 is 10.2 Å². The molecule has 3 nitrogen and oxygen atoms in total. The summed E-state index contributed by atoms with van der Waals surface area (Å²) in [7, 11) is 0. The lowest BCUT2D eigenvalue weighted by atomic mass is 9.83. The number of hydrogen-bond donors (Lipinski definition) is 1.